The van der Waals surface area contributed by atoms with Crippen LogP contribution in [0.15, 0.2) is 24.3 Å². The molecule has 0 radical (unpaired) electrons. The first-order chi connectivity index (χ1) is 32.6. The number of carbonyl (C=O) groups is 3. The van der Waals surface area contributed by atoms with Crippen LogP contribution in [-0.2, 0) is 32.7 Å². The van der Waals surface area contributed by atoms with E-state index in [-0.39, 0.29) is 12.8 Å². The van der Waals surface area contributed by atoms with Crippen LogP contribution in [0.5, 0.6) is 0 Å². The summed E-state index contributed by atoms with van der Waals surface area (Å²) in [6, 6.07) is -1.55. The van der Waals surface area contributed by atoms with Crippen LogP contribution < -0.4 is 5.32 Å². The first-order valence-corrected chi connectivity index (χ1v) is 29.4. The lowest BCUT2D eigenvalue weighted by molar-refractivity contribution is -0.147. The highest BCUT2D eigenvalue weighted by molar-refractivity contribution is 7.47. The molecule has 0 rings (SSSR count). The summed E-state index contributed by atoms with van der Waals surface area (Å²) in [5, 5.41) is 22.0. The van der Waals surface area contributed by atoms with Gasteiger partial charge in [-0.1, -0.05) is 244 Å². The van der Waals surface area contributed by atoms with Crippen molar-refractivity contribution in [1.29, 1.82) is 0 Å². The molecule has 0 fully saturated rings. The molecule has 0 aromatic carbocycles. The van der Waals surface area contributed by atoms with Gasteiger partial charge in [-0.2, -0.15) is 0 Å². The number of phosphoric acid groups is 1. The molecule has 0 aromatic heterocycles. The molecule has 67 heavy (non-hydrogen) atoms. The summed E-state index contributed by atoms with van der Waals surface area (Å²) in [5.41, 5.74) is 0. The number of esters is 1. The Bertz CT molecular complexity index is 1230. The SMILES string of the molecule is CCCCC/C=C\C/C=C\CCCCCCCCCCCC(=O)NC(COP(=O)(O)OCC(O)COC(=O)CCCCCCCCCCCCCCCCCCCCCCCCCC)C(=O)O. The summed E-state index contributed by atoms with van der Waals surface area (Å²) < 4.78 is 27.0. The van der Waals surface area contributed by atoms with Gasteiger partial charge in [0.25, 0.3) is 0 Å². The van der Waals surface area contributed by atoms with Crippen molar-refractivity contribution in [3.63, 3.8) is 0 Å². The second-order valence-corrected chi connectivity index (χ2v) is 20.6. The number of phosphoric ester groups is 1. The summed E-state index contributed by atoms with van der Waals surface area (Å²) in [5.74, 6) is -2.36. The largest absolute Gasteiger partial charge is 0.480 e. The van der Waals surface area contributed by atoms with Gasteiger partial charge in [-0.05, 0) is 44.9 Å². The van der Waals surface area contributed by atoms with Crippen LogP contribution in [0.2, 0.25) is 0 Å². The summed E-state index contributed by atoms with van der Waals surface area (Å²) in [6.45, 7) is 2.63. The fraction of sp³-hybridized carbons (Fsp3) is 0.873. The minimum absolute atomic E-state index is 0.143. The third kappa shape index (κ3) is 50.2. The van der Waals surface area contributed by atoms with Crippen LogP contribution in [-0.4, -0.2) is 64.9 Å². The number of rotatable bonds is 53. The summed E-state index contributed by atoms with van der Waals surface area (Å²) in [7, 11) is -4.76. The molecule has 3 atom stereocenters. The van der Waals surface area contributed by atoms with E-state index in [9.17, 15) is 34.1 Å². The molecule has 0 aliphatic heterocycles. The third-order valence-corrected chi connectivity index (χ3v) is 13.4. The number of aliphatic carboxylic acids is 1. The molecule has 394 valence electrons. The molecule has 12 heteroatoms. The zero-order valence-corrected chi connectivity index (χ0v) is 44.1. The monoisotopic (exact) mass is 970 g/mol. The number of carbonyl (C=O) groups excluding carboxylic acids is 2. The Kier molecular flexibility index (Phi) is 48.8. The minimum atomic E-state index is -4.76. The quantitative estimate of drug-likeness (QED) is 0.0199. The highest BCUT2D eigenvalue weighted by Gasteiger charge is 2.28. The molecule has 0 saturated carbocycles. The van der Waals surface area contributed by atoms with Crippen molar-refractivity contribution in [2.45, 2.75) is 289 Å². The summed E-state index contributed by atoms with van der Waals surface area (Å²) in [6.07, 6.45) is 56.3. The van der Waals surface area contributed by atoms with E-state index in [1.54, 1.807) is 0 Å². The number of aliphatic hydroxyl groups excluding tert-OH is 1. The predicted molar refractivity (Wildman–Crippen MR) is 277 cm³/mol. The zero-order chi connectivity index (χ0) is 49.2. The molecule has 0 aliphatic carbocycles. The Hall–Kier alpha value is -2.04. The van der Waals surface area contributed by atoms with Crippen LogP contribution in [0.25, 0.3) is 0 Å². The van der Waals surface area contributed by atoms with E-state index in [4.69, 9.17) is 13.8 Å². The number of nitrogens with one attached hydrogen (secondary N) is 1. The van der Waals surface area contributed by atoms with Gasteiger partial charge in [-0.3, -0.25) is 18.6 Å². The lowest BCUT2D eigenvalue weighted by Gasteiger charge is -2.18. The molecule has 0 bridgehead atoms. The number of hydrogen-bond donors (Lipinski definition) is 4. The number of allylic oxidation sites excluding steroid dienone is 4. The fourth-order valence-electron chi connectivity index (χ4n) is 8.17. The van der Waals surface area contributed by atoms with Gasteiger partial charge in [-0.15, -0.1) is 0 Å². The van der Waals surface area contributed by atoms with Crippen LogP contribution in [0.1, 0.15) is 277 Å². The number of carboxylic acids is 1. The van der Waals surface area contributed by atoms with Crippen molar-refractivity contribution < 1.29 is 47.8 Å². The maximum Gasteiger partial charge on any atom is 0.472 e. The van der Waals surface area contributed by atoms with Gasteiger partial charge in [0.05, 0.1) is 13.2 Å². The molecule has 0 spiro atoms. The van der Waals surface area contributed by atoms with E-state index in [1.165, 1.54) is 180 Å². The topological polar surface area (TPSA) is 169 Å². The molecule has 0 saturated heterocycles. The van der Waals surface area contributed by atoms with Gasteiger partial charge in [0.15, 0.2) is 6.04 Å². The number of hydrogen-bond acceptors (Lipinski definition) is 8. The van der Waals surface area contributed by atoms with E-state index >= 15 is 0 Å². The number of ether oxygens (including phenoxy) is 1. The van der Waals surface area contributed by atoms with E-state index in [0.717, 1.165) is 57.8 Å². The number of amides is 1. The lowest BCUT2D eigenvalue weighted by atomic mass is 10.0. The second kappa shape index (κ2) is 50.4. The normalized spacial score (nSPS) is 13.6. The van der Waals surface area contributed by atoms with E-state index in [2.05, 4.69) is 43.5 Å². The maximum atomic E-state index is 12.4. The van der Waals surface area contributed by atoms with Crippen LogP contribution >= 0.6 is 7.82 Å². The van der Waals surface area contributed by atoms with Crippen molar-refractivity contribution in [3.05, 3.63) is 24.3 Å². The first kappa shape index (κ1) is 65.0. The number of aliphatic hydroxyl groups is 1. The average molecular weight is 970 g/mol. The van der Waals surface area contributed by atoms with E-state index in [1.807, 2.05) is 0 Å². The van der Waals surface area contributed by atoms with Crippen molar-refractivity contribution in [1.82, 2.24) is 5.32 Å². The Labute approximate surface area is 410 Å². The van der Waals surface area contributed by atoms with Crippen molar-refractivity contribution >= 4 is 25.7 Å². The summed E-state index contributed by atoms with van der Waals surface area (Å²) in [4.78, 5) is 46.2. The van der Waals surface area contributed by atoms with Gasteiger partial charge >= 0.3 is 19.8 Å². The smallest absolute Gasteiger partial charge is 0.472 e. The average Bonchev–Trinajstić information content (AvgIpc) is 3.31. The Balaban J connectivity index is 3.75. The third-order valence-electron chi connectivity index (χ3n) is 12.5. The second-order valence-electron chi connectivity index (χ2n) is 19.1. The number of unbranched alkanes of at least 4 members (excludes halogenated alkanes) is 35. The van der Waals surface area contributed by atoms with Crippen molar-refractivity contribution in [3.8, 4) is 0 Å². The molecule has 4 N–H and O–H groups in total. The first-order valence-electron chi connectivity index (χ1n) is 27.9. The highest BCUT2D eigenvalue weighted by atomic mass is 31.2. The van der Waals surface area contributed by atoms with Crippen LogP contribution in [0.4, 0.5) is 0 Å². The van der Waals surface area contributed by atoms with Gasteiger partial charge < -0.3 is 25.2 Å². The van der Waals surface area contributed by atoms with Crippen LogP contribution in [0, 0.1) is 0 Å². The van der Waals surface area contributed by atoms with E-state index < -0.39 is 57.6 Å². The van der Waals surface area contributed by atoms with E-state index in [0.29, 0.717) is 12.8 Å². The van der Waals surface area contributed by atoms with Gasteiger partial charge in [0, 0.05) is 12.8 Å². The summed E-state index contributed by atoms with van der Waals surface area (Å²) >= 11 is 0. The van der Waals surface area contributed by atoms with Crippen molar-refractivity contribution in [2.24, 2.45) is 0 Å². The van der Waals surface area contributed by atoms with Gasteiger partial charge in [0.2, 0.25) is 5.91 Å². The molecule has 3 unspecified atom stereocenters. The Morgan fingerprint density at radius 1 is 0.478 bits per heavy atom. The van der Waals surface area contributed by atoms with Gasteiger partial charge in [-0.25, -0.2) is 9.36 Å². The molecule has 0 heterocycles. The standard InChI is InChI=1S/C55H104NO10P/c1-3-5-7-9-11-13-15-17-19-21-23-24-25-26-27-29-31-33-35-37-39-41-43-45-47-54(59)64-48-51(57)49-65-67(62,63)66-50-52(55(60)61)56-53(58)46-44-42-40-38-36-34-32-30-28-22-20-18-16-14-12-10-8-6-4-2/h12,14,18,20,51-52,57H,3-11,13,15-17,19,21-50H2,1-2H3,(H,56,58)(H,60,61)(H,62,63)/b14-12-,20-18-. The lowest BCUT2D eigenvalue weighted by Crippen LogP contribution is -2.43. The fourth-order valence-corrected chi connectivity index (χ4v) is 8.95. The molecular formula is C55H104NO10P. The minimum Gasteiger partial charge on any atom is -0.480 e. The van der Waals surface area contributed by atoms with Gasteiger partial charge in [0.1, 0.15) is 12.7 Å². The maximum absolute atomic E-state index is 12.4. The molecule has 1 amide bonds. The van der Waals surface area contributed by atoms with Crippen LogP contribution in [0.3, 0.4) is 0 Å². The molecular weight excluding hydrogens is 866 g/mol. The predicted octanol–water partition coefficient (Wildman–Crippen LogP) is 15.7. The Morgan fingerprint density at radius 3 is 1.24 bits per heavy atom. The highest BCUT2D eigenvalue weighted by Crippen LogP contribution is 2.43. The number of carboxylic acid groups (broad SMARTS) is 1. The molecule has 0 aliphatic rings. The zero-order valence-electron chi connectivity index (χ0n) is 43.2. The Morgan fingerprint density at radius 2 is 0.821 bits per heavy atom. The molecule has 11 nitrogen and oxygen atoms in total. The van der Waals surface area contributed by atoms with Crippen molar-refractivity contribution in [2.75, 3.05) is 19.8 Å². The molecule has 0 aromatic rings.